The Bertz CT molecular complexity index is 393. The monoisotopic (exact) mass is 350 g/mol. The van der Waals surface area contributed by atoms with Crippen molar-refractivity contribution < 1.29 is 29.8 Å². The summed E-state index contributed by atoms with van der Waals surface area (Å²) < 4.78 is 0. The van der Waals surface area contributed by atoms with Crippen molar-refractivity contribution in [3.8, 4) is 0 Å². The molecular weight excluding hydrogens is 320 g/mol. The van der Waals surface area contributed by atoms with E-state index in [1.807, 2.05) is 0 Å². The maximum absolute atomic E-state index is 10.2. The molecule has 0 saturated carbocycles. The van der Waals surface area contributed by atoms with Crippen molar-refractivity contribution in [3.63, 3.8) is 0 Å². The van der Waals surface area contributed by atoms with Crippen molar-refractivity contribution in [3.05, 3.63) is 0 Å². The lowest BCUT2D eigenvalue weighted by atomic mass is 10.2. The van der Waals surface area contributed by atoms with Crippen LogP contribution in [0.5, 0.6) is 0 Å². The van der Waals surface area contributed by atoms with Crippen LogP contribution in [0.3, 0.4) is 0 Å². The van der Waals surface area contributed by atoms with E-state index in [0.29, 0.717) is 38.8 Å². The molecule has 0 spiro atoms. The van der Waals surface area contributed by atoms with Crippen LogP contribution in [0.1, 0.15) is 25.7 Å². The fraction of sp³-hybridized carbons (Fsp3) is 0.667. The number of carbonyl (C=O) groups is 2. The van der Waals surface area contributed by atoms with E-state index in [1.54, 1.807) is 0 Å². The van der Waals surface area contributed by atoms with Gasteiger partial charge < -0.3 is 21.7 Å². The molecule has 24 heavy (non-hydrogen) atoms. The Kier molecular flexibility index (Phi) is 13.8. The third-order valence-corrected chi connectivity index (χ3v) is 2.68. The first-order valence-electron chi connectivity index (χ1n) is 7.28. The zero-order chi connectivity index (χ0) is 19.1. The van der Waals surface area contributed by atoms with Gasteiger partial charge in [0.05, 0.1) is 13.1 Å². The summed E-state index contributed by atoms with van der Waals surface area (Å²) in [5.41, 5.74) is 30.9. The molecule has 12 heteroatoms. The highest BCUT2D eigenvalue weighted by atomic mass is 16.4. The molecule has 0 aliphatic rings. The summed E-state index contributed by atoms with van der Waals surface area (Å²) in [7, 11) is 0. The highest BCUT2D eigenvalue weighted by Crippen LogP contribution is 1.91. The molecule has 140 valence electrons. The second-order valence-corrected chi connectivity index (χ2v) is 4.94. The van der Waals surface area contributed by atoms with E-state index < -0.39 is 24.0 Å². The second-order valence-electron chi connectivity index (χ2n) is 4.94. The van der Waals surface area contributed by atoms with E-state index in [1.165, 1.54) is 0 Å². The van der Waals surface area contributed by atoms with Gasteiger partial charge in [-0.3, -0.25) is 42.5 Å². The first-order chi connectivity index (χ1) is 11.1. The molecule has 0 amide bonds. The zero-order valence-corrected chi connectivity index (χ0v) is 13.6. The number of guanidine groups is 2. The van der Waals surface area contributed by atoms with Gasteiger partial charge in [0.15, 0.2) is 0 Å². The smallest absolute Gasteiger partial charge is 0.338 e. The third-order valence-electron chi connectivity index (χ3n) is 2.68. The van der Waals surface area contributed by atoms with Crippen molar-refractivity contribution >= 4 is 23.9 Å². The van der Waals surface area contributed by atoms with Gasteiger partial charge in [-0.05, 0) is 25.7 Å². The molecule has 0 rings (SSSR count). The molecule has 0 radical (unpaired) electrons. The lowest BCUT2D eigenvalue weighted by molar-refractivity contribution is -0.460. The van der Waals surface area contributed by atoms with E-state index in [0.717, 1.165) is 0 Å². The number of nitrogens with one attached hydrogen (secondary N) is 2. The van der Waals surface area contributed by atoms with Gasteiger partial charge in [0.25, 0.3) is 0 Å². The van der Waals surface area contributed by atoms with E-state index in [2.05, 4.69) is 9.98 Å². The number of hydrogen-bond acceptors (Lipinski definition) is 4. The summed E-state index contributed by atoms with van der Waals surface area (Å²) in [6.07, 6.45) is 2.09. The minimum atomic E-state index is -0.986. The van der Waals surface area contributed by atoms with Gasteiger partial charge in [-0.25, -0.2) is 0 Å². The predicted molar refractivity (Wildman–Crippen MR) is 88.1 cm³/mol. The number of rotatable bonds is 10. The highest BCUT2D eigenvalue weighted by molar-refractivity contribution is 5.73. The molecule has 0 aliphatic heterocycles. The summed E-state index contributed by atoms with van der Waals surface area (Å²) in [6, 6.07) is -1.60. The first kappa shape index (κ1) is 23.7. The first-order valence-corrected chi connectivity index (χ1v) is 7.28. The van der Waals surface area contributed by atoms with Crippen molar-refractivity contribution in [1.82, 2.24) is 0 Å². The van der Waals surface area contributed by atoms with Crippen LogP contribution >= 0.6 is 0 Å². The number of carboxylic acids is 2. The van der Waals surface area contributed by atoms with Gasteiger partial charge in [-0.2, -0.15) is 0 Å². The Morgan fingerprint density at radius 3 is 1.25 bits per heavy atom. The van der Waals surface area contributed by atoms with Crippen molar-refractivity contribution in [2.45, 2.75) is 37.8 Å². The molecule has 0 bridgehead atoms. The molecule has 0 aromatic heterocycles. The summed E-state index contributed by atoms with van der Waals surface area (Å²) in [5, 5.41) is 16.8. The molecule has 16 N–H and O–H groups in total. The van der Waals surface area contributed by atoms with E-state index in [9.17, 15) is 9.59 Å². The second kappa shape index (κ2) is 14.0. The molecule has 0 aromatic carbocycles. The van der Waals surface area contributed by atoms with E-state index in [4.69, 9.17) is 44.6 Å². The van der Waals surface area contributed by atoms with Crippen LogP contribution in [0.4, 0.5) is 0 Å². The Labute approximate surface area is 140 Å². The number of hydrogen-bond donors (Lipinski definition) is 10. The fourth-order valence-electron chi connectivity index (χ4n) is 1.36. The Morgan fingerprint density at radius 1 is 0.750 bits per heavy atom. The number of carboxylic acid groups (broad SMARTS) is 2. The van der Waals surface area contributed by atoms with E-state index in [-0.39, 0.29) is 11.9 Å². The lowest BCUT2D eigenvalue weighted by Gasteiger charge is -2.02. The van der Waals surface area contributed by atoms with Gasteiger partial charge >= 0.3 is 23.9 Å². The summed E-state index contributed by atoms with van der Waals surface area (Å²) in [5.74, 6) is -1.70. The molecule has 0 aromatic rings. The van der Waals surface area contributed by atoms with Crippen LogP contribution in [-0.4, -0.2) is 59.2 Å². The summed E-state index contributed by atoms with van der Waals surface area (Å²) in [6.45, 7) is 1.09. The maximum atomic E-state index is 10.2. The van der Waals surface area contributed by atoms with Crippen molar-refractivity contribution in [2.24, 2.45) is 34.4 Å². The Hall–Kier alpha value is -2.60. The average molecular weight is 350 g/mol. The van der Waals surface area contributed by atoms with Crippen LogP contribution in [-0.2, 0) is 9.59 Å². The molecule has 12 nitrogen and oxygen atoms in total. The minimum Gasteiger partial charge on any atom is -0.480 e. The van der Waals surface area contributed by atoms with Gasteiger partial charge in [0.2, 0.25) is 0 Å². The standard InChI is InChI=1S/2C6H14N4O2/c2*7-4(5(11)12)2-1-3-10-6(8)9/h2*4H,1-3,7H2,(H,11,12)(H4,8,9,10)/p+2. The van der Waals surface area contributed by atoms with Crippen LogP contribution < -0.4 is 44.4 Å². The Morgan fingerprint density at radius 2 is 1.04 bits per heavy atom. The van der Waals surface area contributed by atoms with Gasteiger partial charge in [0.1, 0.15) is 12.1 Å². The number of nitrogens with two attached hydrogens (primary N) is 6. The van der Waals surface area contributed by atoms with Crippen LogP contribution in [0, 0.1) is 0 Å². The number of aliphatic carboxylic acids is 2. The predicted octanol–water partition coefficient (Wildman–Crippen LogP) is -6.94. The van der Waals surface area contributed by atoms with E-state index >= 15 is 0 Å². The van der Waals surface area contributed by atoms with Gasteiger partial charge in [0, 0.05) is 0 Å². The van der Waals surface area contributed by atoms with Gasteiger partial charge in [-0.1, -0.05) is 0 Å². The normalized spacial score (nSPS) is 12.1. The summed E-state index contributed by atoms with van der Waals surface area (Å²) >= 11 is 0. The van der Waals surface area contributed by atoms with Crippen LogP contribution in [0.2, 0.25) is 0 Å². The fourth-order valence-corrected chi connectivity index (χ4v) is 1.36. The summed E-state index contributed by atoms with van der Waals surface area (Å²) in [4.78, 5) is 25.8. The maximum Gasteiger partial charge on any atom is 0.338 e. The third kappa shape index (κ3) is 17.5. The Balaban J connectivity index is 0. The molecule has 2 atom stereocenters. The van der Waals surface area contributed by atoms with Crippen molar-refractivity contribution in [1.29, 1.82) is 0 Å². The molecular formula is C12H30N8O4+2. The molecule has 0 fully saturated rings. The van der Waals surface area contributed by atoms with Crippen LogP contribution in [0.15, 0.2) is 0 Å². The highest BCUT2D eigenvalue weighted by Gasteiger charge is 2.10. The minimum absolute atomic E-state index is 0.138. The van der Waals surface area contributed by atoms with Gasteiger partial charge in [-0.15, -0.1) is 0 Å². The molecule has 0 saturated heterocycles. The van der Waals surface area contributed by atoms with Crippen molar-refractivity contribution in [2.75, 3.05) is 13.1 Å². The SMILES string of the molecule is NC(N)=[NH+]CCCC(N)C(=O)O.NC(N)=[NH+]CCCC(N)C(=O)O. The molecule has 0 aliphatic carbocycles. The quantitative estimate of drug-likeness (QED) is 0.101. The topological polar surface area (TPSA) is 259 Å². The average Bonchev–Trinajstić information content (AvgIpc) is 2.47. The largest absolute Gasteiger partial charge is 0.480 e. The zero-order valence-electron chi connectivity index (χ0n) is 13.6. The molecule has 2 unspecified atom stereocenters. The molecule has 0 heterocycles. The lowest BCUT2D eigenvalue weighted by Crippen LogP contribution is -2.78. The van der Waals surface area contributed by atoms with Crippen LogP contribution in [0.25, 0.3) is 0 Å².